The maximum absolute atomic E-state index is 13.8. The van der Waals surface area contributed by atoms with E-state index >= 15 is 0 Å². The molecule has 0 amide bonds. The lowest BCUT2D eigenvalue weighted by molar-refractivity contribution is -0.134. The van der Waals surface area contributed by atoms with Crippen LogP contribution in [0.2, 0.25) is 0 Å². The van der Waals surface area contributed by atoms with Crippen LogP contribution in [0.15, 0.2) is 40.9 Å². The van der Waals surface area contributed by atoms with Crippen LogP contribution in [0.5, 0.6) is 5.75 Å². The standard InChI is InChI=1S/C21H19F2NO3/c1-12-4-5-13(2)21(14(12)3)27-20(25)9-8-19-24-11-18(26-19)16-7-6-15(22)10-17(16)23/h4-7,10-11H,8-9H2,1-3H3. The number of rotatable bonds is 5. The van der Waals surface area contributed by atoms with Crippen molar-refractivity contribution in [1.82, 2.24) is 4.98 Å². The number of aryl methyl sites for hydroxylation is 3. The van der Waals surface area contributed by atoms with E-state index in [1.165, 1.54) is 12.3 Å². The molecule has 0 fully saturated rings. The van der Waals surface area contributed by atoms with Crippen LogP contribution in [-0.2, 0) is 11.2 Å². The number of aromatic nitrogens is 1. The third-order valence-corrected chi connectivity index (χ3v) is 4.38. The van der Waals surface area contributed by atoms with Gasteiger partial charge in [0.1, 0.15) is 17.4 Å². The molecule has 1 heterocycles. The van der Waals surface area contributed by atoms with E-state index in [1.807, 2.05) is 32.9 Å². The molecule has 0 aliphatic heterocycles. The predicted molar refractivity (Wildman–Crippen MR) is 96.5 cm³/mol. The minimum Gasteiger partial charge on any atom is -0.441 e. The van der Waals surface area contributed by atoms with Gasteiger partial charge in [0.15, 0.2) is 11.7 Å². The Kier molecular flexibility index (Phi) is 5.35. The number of halogens is 2. The molecule has 0 bridgehead atoms. The second-order valence-electron chi connectivity index (χ2n) is 6.37. The summed E-state index contributed by atoms with van der Waals surface area (Å²) in [7, 11) is 0. The van der Waals surface area contributed by atoms with Crippen molar-refractivity contribution in [1.29, 1.82) is 0 Å². The number of carbonyl (C=O) groups excluding carboxylic acids is 1. The highest BCUT2D eigenvalue weighted by atomic mass is 19.1. The Morgan fingerprint density at radius 3 is 2.59 bits per heavy atom. The van der Waals surface area contributed by atoms with Crippen LogP contribution in [0.4, 0.5) is 8.78 Å². The van der Waals surface area contributed by atoms with Gasteiger partial charge in [-0.2, -0.15) is 0 Å². The highest BCUT2D eigenvalue weighted by molar-refractivity contribution is 5.73. The predicted octanol–water partition coefficient (Wildman–Crippen LogP) is 5.08. The summed E-state index contributed by atoms with van der Waals surface area (Å²) in [5, 5.41) is 0. The molecule has 4 nitrogen and oxygen atoms in total. The van der Waals surface area contributed by atoms with E-state index < -0.39 is 17.6 Å². The van der Waals surface area contributed by atoms with Gasteiger partial charge in [0.25, 0.3) is 0 Å². The minimum absolute atomic E-state index is 0.0681. The Labute approximate surface area is 155 Å². The fourth-order valence-electron chi connectivity index (χ4n) is 2.70. The van der Waals surface area contributed by atoms with E-state index in [-0.39, 0.29) is 30.1 Å². The highest BCUT2D eigenvalue weighted by Crippen LogP contribution is 2.27. The average Bonchev–Trinajstić information content (AvgIpc) is 3.09. The van der Waals surface area contributed by atoms with Gasteiger partial charge in [0, 0.05) is 12.5 Å². The van der Waals surface area contributed by atoms with E-state index in [4.69, 9.17) is 9.15 Å². The zero-order valence-electron chi connectivity index (χ0n) is 15.3. The number of ether oxygens (including phenoxy) is 1. The van der Waals surface area contributed by atoms with Gasteiger partial charge in [-0.3, -0.25) is 4.79 Å². The number of oxazole rings is 1. The Balaban J connectivity index is 1.65. The lowest BCUT2D eigenvalue weighted by Crippen LogP contribution is -2.11. The fraction of sp³-hybridized carbons (Fsp3) is 0.238. The molecule has 0 N–H and O–H groups in total. The first-order chi connectivity index (χ1) is 12.8. The Morgan fingerprint density at radius 1 is 1.11 bits per heavy atom. The van der Waals surface area contributed by atoms with Crippen molar-refractivity contribution in [2.45, 2.75) is 33.6 Å². The van der Waals surface area contributed by atoms with E-state index in [2.05, 4.69) is 4.98 Å². The number of nitrogens with zero attached hydrogens (tertiary/aromatic N) is 1. The molecular formula is C21H19F2NO3. The molecule has 3 aromatic rings. The second kappa shape index (κ2) is 7.70. The van der Waals surface area contributed by atoms with Gasteiger partial charge in [0.05, 0.1) is 18.2 Å². The molecule has 1 aromatic heterocycles. The first-order valence-electron chi connectivity index (χ1n) is 8.52. The van der Waals surface area contributed by atoms with Gasteiger partial charge in [-0.1, -0.05) is 12.1 Å². The average molecular weight is 371 g/mol. The third-order valence-electron chi connectivity index (χ3n) is 4.38. The maximum atomic E-state index is 13.8. The van der Waals surface area contributed by atoms with Gasteiger partial charge in [-0.05, 0) is 49.6 Å². The van der Waals surface area contributed by atoms with Gasteiger partial charge in [-0.25, -0.2) is 13.8 Å². The maximum Gasteiger partial charge on any atom is 0.311 e. The summed E-state index contributed by atoms with van der Waals surface area (Å²) in [6.07, 6.45) is 1.63. The van der Waals surface area contributed by atoms with Gasteiger partial charge < -0.3 is 9.15 Å². The molecule has 27 heavy (non-hydrogen) atoms. The smallest absolute Gasteiger partial charge is 0.311 e. The first kappa shape index (κ1) is 18.8. The molecule has 0 saturated heterocycles. The summed E-state index contributed by atoms with van der Waals surface area (Å²) in [4.78, 5) is 16.2. The van der Waals surface area contributed by atoms with Crippen molar-refractivity contribution < 1.29 is 22.7 Å². The van der Waals surface area contributed by atoms with E-state index in [0.29, 0.717) is 5.75 Å². The molecule has 6 heteroatoms. The number of esters is 1. The second-order valence-corrected chi connectivity index (χ2v) is 6.37. The normalized spacial score (nSPS) is 10.9. The Morgan fingerprint density at radius 2 is 1.85 bits per heavy atom. The number of benzene rings is 2. The number of carbonyl (C=O) groups is 1. The van der Waals surface area contributed by atoms with Gasteiger partial charge in [-0.15, -0.1) is 0 Å². The van der Waals surface area contributed by atoms with E-state index in [9.17, 15) is 13.6 Å². The molecule has 0 saturated carbocycles. The van der Waals surface area contributed by atoms with Crippen LogP contribution in [0.25, 0.3) is 11.3 Å². The van der Waals surface area contributed by atoms with E-state index in [1.54, 1.807) is 0 Å². The summed E-state index contributed by atoms with van der Waals surface area (Å²) in [5.41, 5.74) is 2.97. The molecule has 0 unspecified atom stereocenters. The summed E-state index contributed by atoms with van der Waals surface area (Å²) < 4.78 is 37.8. The highest BCUT2D eigenvalue weighted by Gasteiger charge is 2.15. The fourth-order valence-corrected chi connectivity index (χ4v) is 2.70. The largest absolute Gasteiger partial charge is 0.441 e. The minimum atomic E-state index is -0.734. The third kappa shape index (κ3) is 4.22. The van der Waals surface area contributed by atoms with Crippen molar-refractivity contribution in [2.75, 3.05) is 0 Å². The summed E-state index contributed by atoms with van der Waals surface area (Å²) in [5.74, 6) is -0.770. The van der Waals surface area contributed by atoms with Crippen molar-refractivity contribution in [3.8, 4) is 17.1 Å². The lowest BCUT2D eigenvalue weighted by atomic mass is 10.1. The molecule has 0 aliphatic carbocycles. The van der Waals surface area contributed by atoms with Crippen LogP contribution in [-0.4, -0.2) is 11.0 Å². The summed E-state index contributed by atoms with van der Waals surface area (Å²) in [6, 6.07) is 7.09. The molecule has 0 atom stereocenters. The lowest BCUT2D eigenvalue weighted by Gasteiger charge is -2.12. The number of hydrogen-bond acceptors (Lipinski definition) is 4. The molecule has 0 aliphatic rings. The molecule has 140 valence electrons. The summed E-state index contributed by atoms with van der Waals surface area (Å²) >= 11 is 0. The zero-order chi connectivity index (χ0) is 19.6. The molecule has 2 aromatic carbocycles. The summed E-state index contributed by atoms with van der Waals surface area (Å²) in [6.45, 7) is 5.74. The van der Waals surface area contributed by atoms with Crippen LogP contribution < -0.4 is 4.74 Å². The SMILES string of the molecule is Cc1ccc(C)c(OC(=O)CCc2ncc(-c3ccc(F)cc3F)o2)c1C. The molecule has 0 spiro atoms. The van der Waals surface area contributed by atoms with Crippen LogP contribution in [0, 0.1) is 32.4 Å². The quantitative estimate of drug-likeness (QED) is 0.463. The molecule has 3 rings (SSSR count). The van der Waals surface area contributed by atoms with Crippen molar-refractivity contribution in [3.05, 3.63) is 70.7 Å². The Hall–Kier alpha value is -3.02. The topological polar surface area (TPSA) is 52.3 Å². The van der Waals surface area contributed by atoms with Crippen molar-refractivity contribution in [3.63, 3.8) is 0 Å². The molecular weight excluding hydrogens is 352 g/mol. The Bertz CT molecular complexity index is 995. The van der Waals surface area contributed by atoms with Crippen molar-refractivity contribution >= 4 is 5.97 Å². The first-order valence-corrected chi connectivity index (χ1v) is 8.52. The molecule has 0 radical (unpaired) electrons. The van der Waals surface area contributed by atoms with Crippen LogP contribution in [0.1, 0.15) is 29.0 Å². The zero-order valence-corrected chi connectivity index (χ0v) is 15.3. The monoisotopic (exact) mass is 371 g/mol. The van der Waals surface area contributed by atoms with Gasteiger partial charge >= 0.3 is 5.97 Å². The van der Waals surface area contributed by atoms with Crippen molar-refractivity contribution in [2.24, 2.45) is 0 Å². The van der Waals surface area contributed by atoms with E-state index in [0.717, 1.165) is 28.8 Å². The van der Waals surface area contributed by atoms with Crippen LogP contribution in [0.3, 0.4) is 0 Å². The number of hydrogen-bond donors (Lipinski definition) is 0. The van der Waals surface area contributed by atoms with Crippen LogP contribution >= 0.6 is 0 Å². The van der Waals surface area contributed by atoms with Gasteiger partial charge in [0.2, 0.25) is 0 Å².